The maximum Gasteiger partial charge on any atom is 0.251 e. The fourth-order valence-electron chi connectivity index (χ4n) is 3.05. The molecular formula is C20H19Cl2N3O2S. The summed E-state index contributed by atoms with van der Waals surface area (Å²) in [5, 5.41) is 4.49. The Morgan fingerprint density at radius 1 is 1.07 bits per heavy atom. The van der Waals surface area contributed by atoms with Crippen LogP contribution in [0.2, 0.25) is 10.0 Å². The number of carbonyl (C=O) groups excluding carboxylic acids is 2. The Morgan fingerprint density at radius 3 is 2.25 bits per heavy atom. The molecular weight excluding hydrogens is 417 g/mol. The van der Waals surface area contributed by atoms with E-state index < -0.39 is 6.04 Å². The first-order valence-corrected chi connectivity index (χ1v) is 9.89. The third kappa shape index (κ3) is 4.82. The summed E-state index contributed by atoms with van der Waals surface area (Å²) >= 11 is 17.2. The summed E-state index contributed by atoms with van der Waals surface area (Å²) in [4.78, 5) is 28.3. The van der Waals surface area contributed by atoms with E-state index in [1.165, 1.54) is 4.90 Å². The Bertz CT molecular complexity index is 887. The van der Waals surface area contributed by atoms with Gasteiger partial charge < -0.3 is 10.2 Å². The second kappa shape index (κ2) is 8.90. The smallest absolute Gasteiger partial charge is 0.251 e. The summed E-state index contributed by atoms with van der Waals surface area (Å²) < 4.78 is 0. The van der Waals surface area contributed by atoms with Crippen LogP contribution in [0.5, 0.6) is 0 Å². The van der Waals surface area contributed by atoms with E-state index in [-0.39, 0.29) is 18.2 Å². The maximum atomic E-state index is 12.6. The minimum absolute atomic E-state index is 0.0204. The molecule has 0 spiro atoms. The van der Waals surface area contributed by atoms with Gasteiger partial charge in [0.1, 0.15) is 6.04 Å². The van der Waals surface area contributed by atoms with Crippen LogP contribution in [0.3, 0.4) is 0 Å². The SMILES string of the molecule is CN1C(=O)C(CC(=O)Nc2ccc(Cl)cc2)N(CCc2ccc(Cl)cc2)C1=S. The van der Waals surface area contributed by atoms with Crippen molar-refractivity contribution in [3.8, 4) is 0 Å². The summed E-state index contributed by atoms with van der Waals surface area (Å²) in [5.41, 5.74) is 1.71. The van der Waals surface area contributed by atoms with Gasteiger partial charge in [-0.05, 0) is 60.6 Å². The minimum atomic E-state index is -0.614. The highest BCUT2D eigenvalue weighted by Gasteiger charge is 2.41. The van der Waals surface area contributed by atoms with Crippen LogP contribution in [-0.4, -0.2) is 46.4 Å². The molecule has 1 heterocycles. The Kier molecular flexibility index (Phi) is 6.54. The van der Waals surface area contributed by atoms with E-state index in [0.717, 1.165) is 5.56 Å². The number of benzene rings is 2. The normalized spacial score (nSPS) is 16.6. The highest BCUT2D eigenvalue weighted by molar-refractivity contribution is 7.80. The predicted molar refractivity (Wildman–Crippen MR) is 116 cm³/mol. The van der Waals surface area contributed by atoms with Crippen LogP contribution in [0.25, 0.3) is 0 Å². The lowest BCUT2D eigenvalue weighted by atomic mass is 10.1. The molecule has 0 aliphatic carbocycles. The average molecular weight is 436 g/mol. The van der Waals surface area contributed by atoms with Gasteiger partial charge in [0.05, 0.1) is 6.42 Å². The third-order valence-electron chi connectivity index (χ3n) is 4.59. The average Bonchev–Trinajstić information content (AvgIpc) is 2.87. The summed E-state index contributed by atoms with van der Waals surface area (Å²) in [6.45, 7) is 0.537. The van der Waals surface area contributed by atoms with E-state index in [1.807, 2.05) is 29.2 Å². The Labute approximate surface area is 179 Å². The minimum Gasteiger partial charge on any atom is -0.336 e. The number of halogens is 2. The first kappa shape index (κ1) is 20.6. The van der Waals surface area contributed by atoms with Crippen molar-refractivity contribution < 1.29 is 9.59 Å². The van der Waals surface area contributed by atoms with Crippen LogP contribution in [0, 0.1) is 0 Å². The summed E-state index contributed by atoms with van der Waals surface area (Å²) in [7, 11) is 1.64. The van der Waals surface area contributed by atoms with E-state index in [1.54, 1.807) is 31.3 Å². The molecule has 0 saturated carbocycles. The van der Waals surface area contributed by atoms with Crippen molar-refractivity contribution in [2.75, 3.05) is 18.9 Å². The van der Waals surface area contributed by atoms with Gasteiger partial charge in [0.15, 0.2) is 5.11 Å². The molecule has 1 atom stereocenters. The lowest BCUT2D eigenvalue weighted by Crippen LogP contribution is -2.39. The van der Waals surface area contributed by atoms with Crippen LogP contribution in [0.4, 0.5) is 5.69 Å². The molecule has 1 aliphatic rings. The molecule has 2 aromatic rings. The summed E-state index contributed by atoms with van der Waals surface area (Å²) in [6, 6.07) is 13.7. The number of likely N-dealkylation sites (N-methyl/N-ethyl adjacent to an activating group) is 1. The van der Waals surface area contributed by atoms with Gasteiger partial charge in [-0.1, -0.05) is 35.3 Å². The van der Waals surface area contributed by atoms with E-state index in [9.17, 15) is 9.59 Å². The summed E-state index contributed by atoms with van der Waals surface area (Å²) in [5.74, 6) is -0.428. The van der Waals surface area contributed by atoms with Gasteiger partial charge >= 0.3 is 0 Å². The molecule has 8 heteroatoms. The lowest BCUT2D eigenvalue weighted by Gasteiger charge is -2.23. The van der Waals surface area contributed by atoms with Gasteiger partial charge in [-0.25, -0.2) is 0 Å². The molecule has 1 unspecified atom stereocenters. The van der Waals surface area contributed by atoms with Crippen LogP contribution in [0.15, 0.2) is 48.5 Å². The first-order chi connectivity index (χ1) is 13.3. The largest absolute Gasteiger partial charge is 0.336 e. The van der Waals surface area contributed by atoms with Crippen LogP contribution in [0.1, 0.15) is 12.0 Å². The molecule has 146 valence electrons. The molecule has 1 saturated heterocycles. The van der Waals surface area contributed by atoms with Gasteiger partial charge in [-0.2, -0.15) is 0 Å². The number of carbonyl (C=O) groups is 2. The number of nitrogens with one attached hydrogen (secondary N) is 1. The van der Waals surface area contributed by atoms with Crippen molar-refractivity contribution in [1.29, 1.82) is 0 Å². The molecule has 1 N–H and O–H groups in total. The number of amides is 2. The molecule has 0 radical (unpaired) electrons. The van der Waals surface area contributed by atoms with Crippen molar-refractivity contribution in [2.24, 2.45) is 0 Å². The van der Waals surface area contributed by atoms with E-state index in [4.69, 9.17) is 35.4 Å². The molecule has 5 nitrogen and oxygen atoms in total. The van der Waals surface area contributed by atoms with E-state index in [2.05, 4.69) is 5.32 Å². The monoisotopic (exact) mass is 435 g/mol. The Balaban J connectivity index is 1.66. The number of hydrogen-bond acceptors (Lipinski definition) is 3. The standard InChI is InChI=1S/C20H19Cl2N3O2S/c1-24-19(27)17(12-18(26)23-16-8-6-15(22)7-9-16)25(20(24)28)11-10-13-2-4-14(21)5-3-13/h2-9,17H,10-12H2,1H3,(H,23,26). The highest BCUT2D eigenvalue weighted by atomic mass is 35.5. The zero-order valence-electron chi connectivity index (χ0n) is 15.2. The molecule has 0 bridgehead atoms. The fraction of sp³-hybridized carbons (Fsp3) is 0.250. The second-order valence-electron chi connectivity index (χ2n) is 6.52. The molecule has 1 fully saturated rings. The number of anilines is 1. The number of thiocarbonyl (C=S) groups is 1. The van der Waals surface area contributed by atoms with Gasteiger partial charge in [-0.15, -0.1) is 0 Å². The van der Waals surface area contributed by atoms with Crippen LogP contribution >= 0.6 is 35.4 Å². The van der Waals surface area contributed by atoms with Crippen LogP contribution in [-0.2, 0) is 16.0 Å². The molecule has 1 aliphatic heterocycles. The predicted octanol–water partition coefficient (Wildman–Crippen LogP) is 3.99. The molecule has 0 aromatic heterocycles. The van der Waals surface area contributed by atoms with E-state index in [0.29, 0.717) is 33.8 Å². The van der Waals surface area contributed by atoms with Crippen molar-refractivity contribution in [3.63, 3.8) is 0 Å². The Hall–Kier alpha value is -2.15. The van der Waals surface area contributed by atoms with Crippen molar-refractivity contribution >= 4 is 58.0 Å². The lowest BCUT2D eigenvalue weighted by molar-refractivity contribution is -0.130. The molecule has 2 amide bonds. The molecule has 28 heavy (non-hydrogen) atoms. The quantitative estimate of drug-likeness (QED) is 0.696. The zero-order valence-corrected chi connectivity index (χ0v) is 17.5. The van der Waals surface area contributed by atoms with E-state index >= 15 is 0 Å². The van der Waals surface area contributed by atoms with Gasteiger partial charge in [0, 0.05) is 29.3 Å². The maximum absolute atomic E-state index is 12.6. The number of hydrogen-bond donors (Lipinski definition) is 1. The summed E-state index contributed by atoms with van der Waals surface area (Å²) in [6.07, 6.45) is 0.709. The first-order valence-electron chi connectivity index (χ1n) is 8.73. The third-order valence-corrected chi connectivity index (χ3v) is 5.60. The van der Waals surface area contributed by atoms with Crippen molar-refractivity contribution in [2.45, 2.75) is 18.9 Å². The molecule has 2 aromatic carbocycles. The van der Waals surface area contributed by atoms with Crippen molar-refractivity contribution in [3.05, 3.63) is 64.1 Å². The van der Waals surface area contributed by atoms with Gasteiger partial charge in [-0.3, -0.25) is 14.5 Å². The van der Waals surface area contributed by atoms with Gasteiger partial charge in [0.25, 0.3) is 5.91 Å². The molecule has 3 rings (SSSR count). The van der Waals surface area contributed by atoms with Gasteiger partial charge in [0.2, 0.25) is 5.91 Å². The Morgan fingerprint density at radius 2 is 1.64 bits per heavy atom. The second-order valence-corrected chi connectivity index (χ2v) is 7.76. The topological polar surface area (TPSA) is 52.7 Å². The highest BCUT2D eigenvalue weighted by Crippen LogP contribution is 2.21. The fourth-order valence-corrected chi connectivity index (χ4v) is 3.61. The van der Waals surface area contributed by atoms with Crippen LogP contribution < -0.4 is 5.32 Å². The number of rotatable bonds is 6. The van der Waals surface area contributed by atoms with Crippen molar-refractivity contribution in [1.82, 2.24) is 9.80 Å². The zero-order chi connectivity index (χ0) is 20.3. The number of nitrogens with zero attached hydrogens (tertiary/aromatic N) is 2.